The van der Waals surface area contributed by atoms with Crippen LogP contribution in [0.2, 0.25) is 0 Å². The van der Waals surface area contributed by atoms with E-state index in [2.05, 4.69) is 6.07 Å². The summed E-state index contributed by atoms with van der Waals surface area (Å²) in [5.41, 5.74) is 3.97. The first kappa shape index (κ1) is 13.2. The highest BCUT2D eigenvalue weighted by atomic mass is 32.2. The third-order valence-corrected chi connectivity index (χ3v) is 5.36. The summed E-state index contributed by atoms with van der Waals surface area (Å²) in [6, 6.07) is 15.3. The van der Waals surface area contributed by atoms with Crippen LogP contribution in [0.4, 0.5) is 5.69 Å². The molecule has 0 saturated heterocycles. The van der Waals surface area contributed by atoms with E-state index < -0.39 is 10.0 Å². The first-order chi connectivity index (χ1) is 9.56. The van der Waals surface area contributed by atoms with Crippen molar-refractivity contribution in [3.05, 3.63) is 65.2 Å². The van der Waals surface area contributed by atoms with Crippen molar-refractivity contribution in [2.45, 2.75) is 19.1 Å². The Morgan fingerprint density at radius 2 is 1.85 bits per heavy atom. The number of hydrogen-bond donors (Lipinski definition) is 0. The van der Waals surface area contributed by atoms with Crippen molar-refractivity contribution in [3.8, 4) is 0 Å². The Hall–Kier alpha value is -1.81. The first-order valence-electron chi connectivity index (χ1n) is 6.70. The summed E-state index contributed by atoms with van der Waals surface area (Å²) in [6.07, 6.45) is 0.797. The molecule has 3 nitrogen and oxygen atoms in total. The number of nitrogens with zero attached hydrogens (tertiary/aromatic N) is 1. The maximum absolute atomic E-state index is 12.6. The zero-order chi connectivity index (χ0) is 14.2. The number of aryl methyl sites for hydroxylation is 1. The van der Waals surface area contributed by atoms with Gasteiger partial charge in [0.1, 0.15) is 0 Å². The van der Waals surface area contributed by atoms with E-state index in [1.807, 2.05) is 49.4 Å². The fraction of sp³-hybridized carbons (Fsp3) is 0.250. The fourth-order valence-corrected chi connectivity index (χ4v) is 4.27. The third-order valence-electron chi connectivity index (χ3n) is 3.62. The number of anilines is 1. The van der Waals surface area contributed by atoms with Gasteiger partial charge in [-0.1, -0.05) is 48.0 Å². The standard InChI is InChI=1S/C16H17NO2S/c1-13-7-8-16-15(11-13)9-10-17(16)20(18,19)12-14-5-3-2-4-6-14/h2-8,11H,9-10,12H2,1H3. The molecule has 0 aromatic heterocycles. The number of fused-ring (bicyclic) bond motifs is 1. The van der Waals surface area contributed by atoms with E-state index in [9.17, 15) is 8.42 Å². The Morgan fingerprint density at radius 1 is 1.10 bits per heavy atom. The second-order valence-electron chi connectivity index (χ2n) is 5.20. The molecule has 0 unspecified atom stereocenters. The maximum Gasteiger partial charge on any atom is 0.239 e. The van der Waals surface area contributed by atoms with Crippen LogP contribution in [0.25, 0.3) is 0 Å². The third kappa shape index (κ3) is 2.43. The lowest BCUT2D eigenvalue weighted by molar-refractivity contribution is 0.591. The molecule has 4 heteroatoms. The lowest BCUT2D eigenvalue weighted by Gasteiger charge is -2.19. The van der Waals surface area contributed by atoms with Crippen LogP contribution >= 0.6 is 0 Å². The molecular formula is C16H17NO2S. The molecule has 0 radical (unpaired) electrons. The first-order valence-corrected chi connectivity index (χ1v) is 8.31. The van der Waals surface area contributed by atoms with Gasteiger partial charge >= 0.3 is 0 Å². The molecule has 0 atom stereocenters. The zero-order valence-corrected chi connectivity index (χ0v) is 12.2. The molecule has 1 heterocycles. The fourth-order valence-electron chi connectivity index (χ4n) is 2.65. The minimum absolute atomic E-state index is 0.0567. The largest absolute Gasteiger partial charge is 0.269 e. The van der Waals surface area contributed by atoms with Crippen molar-refractivity contribution in [2.24, 2.45) is 0 Å². The van der Waals surface area contributed by atoms with Crippen LogP contribution in [0.3, 0.4) is 0 Å². The average Bonchev–Trinajstić information content (AvgIpc) is 2.83. The summed E-state index contributed by atoms with van der Waals surface area (Å²) in [5.74, 6) is 0.0567. The van der Waals surface area contributed by atoms with Gasteiger partial charge in [0.2, 0.25) is 10.0 Å². The Balaban J connectivity index is 1.91. The molecule has 0 amide bonds. The summed E-state index contributed by atoms with van der Waals surface area (Å²) in [6.45, 7) is 2.58. The van der Waals surface area contributed by atoms with Crippen molar-refractivity contribution in [1.82, 2.24) is 0 Å². The normalized spacial score (nSPS) is 14.3. The monoisotopic (exact) mass is 287 g/mol. The highest BCUT2D eigenvalue weighted by Gasteiger charge is 2.29. The molecule has 0 aliphatic carbocycles. The average molecular weight is 287 g/mol. The topological polar surface area (TPSA) is 37.4 Å². The molecule has 1 aliphatic heterocycles. The lowest BCUT2D eigenvalue weighted by Crippen LogP contribution is -2.30. The Labute approximate surface area is 119 Å². The van der Waals surface area contributed by atoms with E-state index >= 15 is 0 Å². The second kappa shape index (κ2) is 4.94. The Kier molecular flexibility index (Phi) is 3.26. The smallest absolute Gasteiger partial charge is 0.239 e. The van der Waals surface area contributed by atoms with Gasteiger partial charge in [-0.3, -0.25) is 4.31 Å². The van der Waals surface area contributed by atoms with E-state index in [0.29, 0.717) is 6.54 Å². The van der Waals surface area contributed by atoms with E-state index in [4.69, 9.17) is 0 Å². The molecule has 0 fully saturated rings. The highest BCUT2D eigenvalue weighted by Crippen LogP contribution is 2.32. The van der Waals surface area contributed by atoms with Gasteiger partial charge in [0.05, 0.1) is 11.4 Å². The summed E-state index contributed by atoms with van der Waals surface area (Å²) in [5, 5.41) is 0. The van der Waals surface area contributed by atoms with Gasteiger partial charge in [-0.2, -0.15) is 0 Å². The van der Waals surface area contributed by atoms with Crippen molar-refractivity contribution in [2.75, 3.05) is 10.8 Å². The van der Waals surface area contributed by atoms with Gasteiger partial charge < -0.3 is 0 Å². The van der Waals surface area contributed by atoms with Gasteiger partial charge in [0.25, 0.3) is 0 Å². The summed E-state index contributed by atoms with van der Waals surface area (Å²) in [4.78, 5) is 0. The summed E-state index contributed by atoms with van der Waals surface area (Å²) in [7, 11) is -3.31. The van der Waals surface area contributed by atoms with E-state index in [0.717, 1.165) is 23.2 Å². The van der Waals surface area contributed by atoms with Gasteiger partial charge in [-0.15, -0.1) is 0 Å². The van der Waals surface area contributed by atoms with Crippen LogP contribution in [0.15, 0.2) is 48.5 Å². The van der Waals surface area contributed by atoms with Crippen molar-refractivity contribution in [3.63, 3.8) is 0 Å². The van der Waals surface area contributed by atoms with Crippen molar-refractivity contribution < 1.29 is 8.42 Å². The summed E-state index contributed by atoms with van der Waals surface area (Å²) >= 11 is 0. The van der Waals surface area contributed by atoms with Crippen LogP contribution in [-0.2, 0) is 22.2 Å². The van der Waals surface area contributed by atoms with Gasteiger partial charge in [0.15, 0.2) is 0 Å². The van der Waals surface area contributed by atoms with E-state index in [-0.39, 0.29) is 5.75 Å². The van der Waals surface area contributed by atoms with Crippen LogP contribution in [-0.4, -0.2) is 15.0 Å². The predicted molar refractivity (Wildman–Crippen MR) is 81.3 cm³/mol. The van der Waals surface area contributed by atoms with Crippen LogP contribution in [0.1, 0.15) is 16.7 Å². The molecule has 0 bridgehead atoms. The highest BCUT2D eigenvalue weighted by molar-refractivity contribution is 7.92. The Morgan fingerprint density at radius 3 is 2.60 bits per heavy atom. The maximum atomic E-state index is 12.6. The number of rotatable bonds is 3. The lowest BCUT2D eigenvalue weighted by atomic mass is 10.1. The minimum atomic E-state index is -3.31. The number of benzene rings is 2. The molecule has 20 heavy (non-hydrogen) atoms. The molecule has 0 saturated carbocycles. The van der Waals surface area contributed by atoms with Crippen LogP contribution < -0.4 is 4.31 Å². The molecule has 104 valence electrons. The zero-order valence-electron chi connectivity index (χ0n) is 11.4. The van der Waals surface area contributed by atoms with Crippen molar-refractivity contribution >= 4 is 15.7 Å². The van der Waals surface area contributed by atoms with Gasteiger partial charge in [-0.05, 0) is 30.5 Å². The van der Waals surface area contributed by atoms with Crippen LogP contribution in [0.5, 0.6) is 0 Å². The molecule has 3 rings (SSSR count). The predicted octanol–water partition coefficient (Wildman–Crippen LogP) is 2.89. The number of sulfonamides is 1. The van der Waals surface area contributed by atoms with Crippen LogP contribution in [0, 0.1) is 6.92 Å². The second-order valence-corrected chi connectivity index (χ2v) is 7.09. The quantitative estimate of drug-likeness (QED) is 0.870. The molecule has 0 N–H and O–H groups in total. The van der Waals surface area contributed by atoms with E-state index in [1.54, 1.807) is 4.31 Å². The molecule has 1 aliphatic rings. The molecule has 2 aromatic carbocycles. The van der Waals surface area contributed by atoms with Gasteiger partial charge in [0, 0.05) is 6.54 Å². The number of hydrogen-bond acceptors (Lipinski definition) is 2. The molecule has 2 aromatic rings. The Bertz CT molecular complexity index is 723. The molecule has 0 spiro atoms. The minimum Gasteiger partial charge on any atom is -0.269 e. The van der Waals surface area contributed by atoms with Gasteiger partial charge in [-0.25, -0.2) is 8.42 Å². The SMILES string of the molecule is Cc1ccc2c(c1)CCN2S(=O)(=O)Cc1ccccc1. The van der Waals surface area contributed by atoms with E-state index in [1.165, 1.54) is 5.56 Å². The van der Waals surface area contributed by atoms with Crippen molar-refractivity contribution in [1.29, 1.82) is 0 Å². The molecular weight excluding hydrogens is 270 g/mol. The summed E-state index contributed by atoms with van der Waals surface area (Å²) < 4.78 is 26.7.